The van der Waals surface area contributed by atoms with Crippen molar-refractivity contribution >= 4 is 15.7 Å². The third kappa shape index (κ3) is 4.04. The third-order valence-electron chi connectivity index (χ3n) is 2.40. The highest BCUT2D eigenvalue weighted by Crippen LogP contribution is 2.09. The van der Waals surface area contributed by atoms with Gasteiger partial charge in [-0.05, 0) is 17.7 Å². The van der Waals surface area contributed by atoms with Crippen molar-refractivity contribution in [1.29, 1.82) is 0 Å². The molecule has 0 spiro atoms. The van der Waals surface area contributed by atoms with Crippen LogP contribution in [0.4, 0.5) is 5.69 Å². The number of rotatable bonds is 5. The zero-order valence-electron chi connectivity index (χ0n) is 10.4. The van der Waals surface area contributed by atoms with Crippen LogP contribution >= 0.6 is 0 Å². The Hall–Kier alpha value is -1.93. The summed E-state index contributed by atoms with van der Waals surface area (Å²) in [6, 6.07) is 6.79. The summed E-state index contributed by atoms with van der Waals surface area (Å²) < 4.78 is 27.7. The molecule has 1 aromatic heterocycles. The van der Waals surface area contributed by atoms with E-state index in [-0.39, 0.29) is 12.3 Å². The lowest BCUT2D eigenvalue weighted by atomic mass is 10.2. The van der Waals surface area contributed by atoms with E-state index in [4.69, 9.17) is 5.73 Å². The minimum Gasteiger partial charge on any atom is -0.399 e. The van der Waals surface area contributed by atoms with Gasteiger partial charge in [-0.1, -0.05) is 12.1 Å². The fourth-order valence-corrected chi connectivity index (χ4v) is 2.66. The van der Waals surface area contributed by atoms with Gasteiger partial charge in [0.05, 0.1) is 12.3 Å². The van der Waals surface area contributed by atoms with Gasteiger partial charge < -0.3 is 5.73 Å². The van der Waals surface area contributed by atoms with Crippen LogP contribution in [-0.2, 0) is 29.4 Å². The van der Waals surface area contributed by atoms with E-state index in [1.165, 1.54) is 11.0 Å². The van der Waals surface area contributed by atoms with Gasteiger partial charge in [0.25, 0.3) is 0 Å². The number of benzene rings is 1. The van der Waals surface area contributed by atoms with Gasteiger partial charge in [-0.25, -0.2) is 18.1 Å². The summed E-state index contributed by atoms with van der Waals surface area (Å²) in [5.74, 6) is 0.309. The summed E-state index contributed by atoms with van der Waals surface area (Å²) >= 11 is 0. The highest BCUT2D eigenvalue weighted by Gasteiger charge is 2.12. The number of hydrogen-bond donors (Lipinski definition) is 2. The molecular weight excluding hydrogens is 266 g/mol. The number of sulfonamides is 1. The second-order valence-corrected chi connectivity index (χ2v) is 5.97. The fraction of sp³-hybridized carbons (Fsp3) is 0.273. The lowest BCUT2D eigenvalue weighted by Gasteiger charge is -2.05. The van der Waals surface area contributed by atoms with Crippen LogP contribution in [-0.4, -0.2) is 23.2 Å². The minimum atomic E-state index is -3.44. The Morgan fingerprint density at radius 3 is 2.84 bits per heavy atom. The van der Waals surface area contributed by atoms with Gasteiger partial charge in [0.1, 0.15) is 6.33 Å². The molecule has 0 unspecified atom stereocenters. The number of aryl methyl sites for hydroxylation is 1. The van der Waals surface area contributed by atoms with Gasteiger partial charge in [0, 0.05) is 12.7 Å². The molecular formula is C11H15N5O2S. The average molecular weight is 281 g/mol. The number of nitrogens with one attached hydrogen (secondary N) is 1. The largest absolute Gasteiger partial charge is 0.399 e. The molecule has 2 rings (SSSR count). The SMILES string of the molecule is Cn1cnc(CNS(=O)(=O)Cc2cccc(N)c2)n1. The Morgan fingerprint density at radius 2 is 2.21 bits per heavy atom. The Bertz CT molecular complexity index is 665. The van der Waals surface area contributed by atoms with Crippen LogP contribution in [0.15, 0.2) is 30.6 Å². The molecule has 0 aliphatic carbocycles. The second kappa shape index (κ2) is 5.37. The van der Waals surface area contributed by atoms with Crippen molar-refractivity contribution in [3.63, 3.8) is 0 Å². The van der Waals surface area contributed by atoms with Crippen LogP contribution in [0.2, 0.25) is 0 Å². The van der Waals surface area contributed by atoms with Gasteiger partial charge in [0.15, 0.2) is 5.82 Å². The van der Waals surface area contributed by atoms with Crippen LogP contribution in [0.3, 0.4) is 0 Å². The van der Waals surface area contributed by atoms with Crippen molar-refractivity contribution in [2.75, 3.05) is 5.73 Å². The molecule has 0 saturated heterocycles. The molecule has 0 amide bonds. The molecule has 0 bridgehead atoms. The highest BCUT2D eigenvalue weighted by molar-refractivity contribution is 7.88. The van der Waals surface area contributed by atoms with E-state index in [9.17, 15) is 8.42 Å². The first-order chi connectivity index (χ1) is 8.94. The lowest BCUT2D eigenvalue weighted by Crippen LogP contribution is -2.25. The summed E-state index contributed by atoms with van der Waals surface area (Å²) in [7, 11) is -1.72. The van der Waals surface area contributed by atoms with E-state index in [1.54, 1.807) is 31.3 Å². The van der Waals surface area contributed by atoms with Gasteiger partial charge in [0.2, 0.25) is 10.0 Å². The number of nitrogen functional groups attached to an aromatic ring is 1. The number of nitrogens with two attached hydrogens (primary N) is 1. The lowest BCUT2D eigenvalue weighted by molar-refractivity contribution is 0.578. The minimum absolute atomic E-state index is 0.0749. The molecule has 102 valence electrons. The quantitative estimate of drug-likeness (QED) is 0.752. The topological polar surface area (TPSA) is 103 Å². The van der Waals surface area contributed by atoms with Gasteiger partial charge >= 0.3 is 0 Å². The molecule has 0 atom stereocenters. The molecule has 0 aliphatic heterocycles. The van der Waals surface area contributed by atoms with E-state index >= 15 is 0 Å². The molecule has 3 N–H and O–H groups in total. The average Bonchev–Trinajstić information content (AvgIpc) is 2.72. The van der Waals surface area contributed by atoms with Crippen LogP contribution in [0.1, 0.15) is 11.4 Å². The Balaban J connectivity index is 1.99. The van der Waals surface area contributed by atoms with E-state index in [2.05, 4.69) is 14.8 Å². The zero-order valence-corrected chi connectivity index (χ0v) is 11.3. The first kappa shape index (κ1) is 13.5. The maximum absolute atomic E-state index is 11.9. The molecule has 8 heteroatoms. The molecule has 19 heavy (non-hydrogen) atoms. The van der Waals surface area contributed by atoms with Crippen molar-refractivity contribution in [2.45, 2.75) is 12.3 Å². The number of hydrogen-bond acceptors (Lipinski definition) is 5. The number of nitrogens with zero attached hydrogens (tertiary/aromatic N) is 3. The van der Waals surface area contributed by atoms with Crippen LogP contribution in [0.25, 0.3) is 0 Å². The summed E-state index contributed by atoms with van der Waals surface area (Å²) in [6.45, 7) is 0.0749. The van der Waals surface area contributed by atoms with Crippen molar-refractivity contribution in [3.8, 4) is 0 Å². The Labute approximate surface area is 111 Å². The molecule has 1 aromatic carbocycles. The van der Waals surface area contributed by atoms with Crippen LogP contribution in [0, 0.1) is 0 Å². The van der Waals surface area contributed by atoms with E-state index < -0.39 is 10.0 Å². The van der Waals surface area contributed by atoms with E-state index in [1.807, 2.05) is 0 Å². The zero-order chi connectivity index (χ0) is 13.9. The fourth-order valence-electron chi connectivity index (χ4n) is 1.59. The predicted octanol–water partition coefficient (Wildman–Crippen LogP) is 0.0169. The Morgan fingerprint density at radius 1 is 1.42 bits per heavy atom. The highest BCUT2D eigenvalue weighted by atomic mass is 32.2. The van der Waals surface area contributed by atoms with Crippen molar-refractivity contribution in [2.24, 2.45) is 7.05 Å². The van der Waals surface area contributed by atoms with E-state index in [0.29, 0.717) is 17.1 Å². The summed E-state index contributed by atoms with van der Waals surface area (Å²) in [4.78, 5) is 3.94. The van der Waals surface area contributed by atoms with Crippen LogP contribution in [0.5, 0.6) is 0 Å². The van der Waals surface area contributed by atoms with Gasteiger partial charge in [-0.3, -0.25) is 4.68 Å². The smallest absolute Gasteiger partial charge is 0.216 e. The monoisotopic (exact) mass is 281 g/mol. The van der Waals surface area contributed by atoms with Crippen LogP contribution < -0.4 is 10.5 Å². The maximum atomic E-state index is 11.9. The second-order valence-electron chi connectivity index (χ2n) is 4.16. The molecule has 2 aromatic rings. The van der Waals surface area contributed by atoms with Crippen molar-refractivity contribution in [3.05, 3.63) is 42.0 Å². The molecule has 1 heterocycles. The molecule has 0 aliphatic rings. The van der Waals surface area contributed by atoms with Crippen molar-refractivity contribution < 1.29 is 8.42 Å². The first-order valence-electron chi connectivity index (χ1n) is 5.61. The summed E-state index contributed by atoms with van der Waals surface area (Å²) in [6.07, 6.45) is 1.52. The van der Waals surface area contributed by atoms with Gasteiger partial charge in [-0.15, -0.1) is 0 Å². The standard InChI is InChI=1S/C11H15N5O2S/c1-16-8-13-11(15-16)6-14-19(17,18)7-9-3-2-4-10(12)5-9/h2-5,8,14H,6-7,12H2,1H3. The molecule has 0 radical (unpaired) electrons. The summed E-state index contributed by atoms with van der Waals surface area (Å²) in [5, 5.41) is 3.99. The molecule has 0 saturated carbocycles. The number of aromatic nitrogens is 3. The Kier molecular flexibility index (Phi) is 3.82. The maximum Gasteiger partial charge on any atom is 0.216 e. The first-order valence-corrected chi connectivity index (χ1v) is 7.26. The number of anilines is 1. The normalized spacial score (nSPS) is 11.6. The van der Waals surface area contributed by atoms with E-state index in [0.717, 1.165) is 0 Å². The molecule has 7 nitrogen and oxygen atoms in total. The van der Waals surface area contributed by atoms with Crippen molar-refractivity contribution in [1.82, 2.24) is 19.5 Å². The summed E-state index contributed by atoms with van der Waals surface area (Å²) in [5.41, 5.74) is 6.79. The molecule has 0 fully saturated rings. The van der Waals surface area contributed by atoms with Gasteiger partial charge in [-0.2, -0.15) is 5.10 Å². The predicted molar refractivity (Wildman–Crippen MR) is 71.3 cm³/mol. The third-order valence-corrected chi connectivity index (χ3v) is 3.70.